The first-order valence-electron chi connectivity index (χ1n) is 5.15. The number of furan rings is 1. The van der Waals surface area contributed by atoms with Crippen LogP contribution in [0.4, 0.5) is 13.2 Å². The standard InChI is InChI=1S/C9H12BrF3N2O3S/c1-14-5-6-4-7(8(10)18-6)19(16,17)15-3-2-9(11,12)13/h4,14-15H,2-3,5H2,1H3. The third-order valence-electron chi connectivity index (χ3n) is 2.05. The Morgan fingerprint density at radius 3 is 2.58 bits per heavy atom. The third-order valence-corrected chi connectivity index (χ3v) is 4.37. The van der Waals surface area contributed by atoms with Gasteiger partial charge in [-0.05, 0) is 23.0 Å². The zero-order valence-corrected chi connectivity index (χ0v) is 12.2. The fraction of sp³-hybridized carbons (Fsp3) is 0.556. The largest absolute Gasteiger partial charge is 0.452 e. The summed E-state index contributed by atoms with van der Waals surface area (Å²) < 4.78 is 66.3. The van der Waals surface area contributed by atoms with Gasteiger partial charge in [0.2, 0.25) is 10.0 Å². The molecule has 110 valence electrons. The number of nitrogens with one attached hydrogen (secondary N) is 2. The van der Waals surface area contributed by atoms with Gasteiger partial charge in [-0.15, -0.1) is 0 Å². The molecule has 1 rings (SSSR count). The molecule has 0 saturated heterocycles. The zero-order valence-electron chi connectivity index (χ0n) is 9.84. The van der Waals surface area contributed by atoms with Gasteiger partial charge in [0.1, 0.15) is 10.7 Å². The summed E-state index contributed by atoms with van der Waals surface area (Å²) >= 11 is 2.92. The molecule has 0 spiro atoms. The van der Waals surface area contributed by atoms with Gasteiger partial charge in [-0.25, -0.2) is 13.1 Å². The van der Waals surface area contributed by atoms with E-state index in [2.05, 4.69) is 21.2 Å². The molecule has 1 heterocycles. The average Bonchev–Trinajstić information content (AvgIpc) is 2.58. The summed E-state index contributed by atoms with van der Waals surface area (Å²) in [4.78, 5) is -0.222. The van der Waals surface area contributed by atoms with Crippen LogP contribution in [0.15, 0.2) is 20.0 Å². The lowest BCUT2D eigenvalue weighted by Gasteiger charge is -2.07. The maximum Gasteiger partial charge on any atom is 0.390 e. The highest BCUT2D eigenvalue weighted by atomic mass is 79.9. The lowest BCUT2D eigenvalue weighted by Crippen LogP contribution is -2.28. The van der Waals surface area contributed by atoms with Crippen molar-refractivity contribution >= 4 is 26.0 Å². The molecule has 0 amide bonds. The molecule has 0 bridgehead atoms. The van der Waals surface area contributed by atoms with E-state index < -0.39 is 29.2 Å². The van der Waals surface area contributed by atoms with E-state index in [1.807, 2.05) is 4.72 Å². The highest BCUT2D eigenvalue weighted by molar-refractivity contribution is 9.10. The van der Waals surface area contributed by atoms with Crippen LogP contribution in [-0.4, -0.2) is 28.2 Å². The van der Waals surface area contributed by atoms with Crippen molar-refractivity contribution in [2.75, 3.05) is 13.6 Å². The Labute approximate surface area is 116 Å². The van der Waals surface area contributed by atoms with Crippen LogP contribution in [0.25, 0.3) is 0 Å². The molecule has 0 radical (unpaired) electrons. The van der Waals surface area contributed by atoms with Gasteiger partial charge in [0.25, 0.3) is 0 Å². The number of hydrogen-bond donors (Lipinski definition) is 2. The monoisotopic (exact) mass is 364 g/mol. The molecule has 19 heavy (non-hydrogen) atoms. The van der Waals surface area contributed by atoms with Crippen LogP contribution in [0, 0.1) is 0 Å². The van der Waals surface area contributed by atoms with Crippen LogP contribution >= 0.6 is 15.9 Å². The van der Waals surface area contributed by atoms with E-state index in [-0.39, 0.29) is 9.56 Å². The second-order valence-electron chi connectivity index (χ2n) is 3.64. The quantitative estimate of drug-likeness (QED) is 0.809. The molecule has 1 aromatic rings. The molecule has 5 nitrogen and oxygen atoms in total. The number of hydrogen-bond acceptors (Lipinski definition) is 4. The van der Waals surface area contributed by atoms with E-state index >= 15 is 0 Å². The van der Waals surface area contributed by atoms with E-state index in [0.29, 0.717) is 12.3 Å². The molecule has 2 N–H and O–H groups in total. The maximum atomic E-state index is 11.9. The SMILES string of the molecule is CNCc1cc(S(=O)(=O)NCCC(F)(F)F)c(Br)o1. The van der Waals surface area contributed by atoms with Crippen LogP contribution < -0.4 is 10.0 Å². The van der Waals surface area contributed by atoms with E-state index in [9.17, 15) is 21.6 Å². The van der Waals surface area contributed by atoms with Crippen molar-refractivity contribution in [3.8, 4) is 0 Å². The Balaban J connectivity index is 2.77. The topological polar surface area (TPSA) is 71.3 Å². The molecule has 10 heteroatoms. The fourth-order valence-electron chi connectivity index (χ4n) is 1.25. The summed E-state index contributed by atoms with van der Waals surface area (Å²) in [7, 11) is -2.38. The van der Waals surface area contributed by atoms with Crippen molar-refractivity contribution in [1.82, 2.24) is 10.0 Å². The minimum atomic E-state index is -4.41. The van der Waals surface area contributed by atoms with Gasteiger partial charge in [-0.3, -0.25) is 0 Å². The van der Waals surface area contributed by atoms with Crippen LogP contribution in [0.1, 0.15) is 12.2 Å². The van der Waals surface area contributed by atoms with Crippen LogP contribution in [0.2, 0.25) is 0 Å². The van der Waals surface area contributed by atoms with Crippen molar-refractivity contribution < 1.29 is 26.0 Å². The molecule has 0 aliphatic rings. The van der Waals surface area contributed by atoms with Gasteiger partial charge in [-0.1, -0.05) is 0 Å². The van der Waals surface area contributed by atoms with Crippen LogP contribution in [-0.2, 0) is 16.6 Å². The Morgan fingerprint density at radius 1 is 1.42 bits per heavy atom. The zero-order chi connectivity index (χ0) is 14.7. The third kappa shape index (κ3) is 5.13. The Hall–Kier alpha value is -0.580. The Kier molecular flexibility index (Phi) is 5.42. The molecular formula is C9H12BrF3N2O3S. The molecule has 0 aromatic carbocycles. The summed E-state index contributed by atoms with van der Waals surface area (Å²) in [6.45, 7) is -0.415. The highest BCUT2D eigenvalue weighted by Gasteiger charge is 2.28. The summed E-state index contributed by atoms with van der Waals surface area (Å²) in [6, 6.07) is 1.25. The number of sulfonamides is 1. The Bertz CT molecular complexity index is 527. The molecule has 0 unspecified atom stereocenters. The first-order valence-corrected chi connectivity index (χ1v) is 7.42. The summed E-state index contributed by atoms with van der Waals surface area (Å²) in [5.74, 6) is 0.352. The molecule has 1 aromatic heterocycles. The highest BCUT2D eigenvalue weighted by Crippen LogP contribution is 2.26. The fourth-order valence-corrected chi connectivity index (χ4v) is 3.27. The minimum Gasteiger partial charge on any atom is -0.452 e. The predicted molar refractivity (Wildman–Crippen MR) is 65.0 cm³/mol. The van der Waals surface area contributed by atoms with Crippen molar-refractivity contribution in [3.63, 3.8) is 0 Å². The van der Waals surface area contributed by atoms with E-state index in [1.165, 1.54) is 6.07 Å². The van der Waals surface area contributed by atoms with Crippen molar-refractivity contribution in [2.24, 2.45) is 0 Å². The van der Waals surface area contributed by atoms with Crippen LogP contribution in [0.3, 0.4) is 0 Å². The molecule has 0 aliphatic heterocycles. The van der Waals surface area contributed by atoms with Crippen molar-refractivity contribution in [1.29, 1.82) is 0 Å². The first-order chi connectivity index (χ1) is 8.65. The normalized spacial score (nSPS) is 12.9. The second-order valence-corrected chi connectivity index (χ2v) is 6.10. The van der Waals surface area contributed by atoms with Gasteiger partial charge in [0.05, 0.1) is 13.0 Å². The molecule has 0 aliphatic carbocycles. The number of halogens is 4. The van der Waals surface area contributed by atoms with E-state index in [1.54, 1.807) is 7.05 Å². The van der Waals surface area contributed by atoms with Crippen molar-refractivity contribution in [2.45, 2.75) is 24.0 Å². The molecule has 0 atom stereocenters. The summed E-state index contributed by atoms with van der Waals surface area (Å²) in [6.07, 6.45) is -5.64. The first kappa shape index (κ1) is 16.5. The molecule has 0 saturated carbocycles. The van der Waals surface area contributed by atoms with E-state index in [0.717, 1.165) is 0 Å². The predicted octanol–water partition coefficient (Wildman–Crippen LogP) is 1.99. The van der Waals surface area contributed by atoms with Gasteiger partial charge in [0.15, 0.2) is 4.67 Å². The van der Waals surface area contributed by atoms with Gasteiger partial charge in [-0.2, -0.15) is 13.2 Å². The Morgan fingerprint density at radius 2 is 2.05 bits per heavy atom. The summed E-state index contributed by atoms with van der Waals surface area (Å²) in [5.41, 5.74) is 0. The van der Waals surface area contributed by atoms with Gasteiger partial charge < -0.3 is 9.73 Å². The van der Waals surface area contributed by atoms with Crippen LogP contribution in [0.5, 0.6) is 0 Å². The second kappa shape index (κ2) is 6.25. The summed E-state index contributed by atoms with van der Waals surface area (Å²) in [5, 5.41) is 2.76. The van der Waals surface area contributed by atoms with Gasteiger partial charge in [0, 0.05) is 12.6 Å². The number of rotatable bonds is 6. The van der Waals surface area contributed by atoms with E-state index in [4.69, 9.17) is 4.42 Å². The molecular weight excluding hydrogens is 353 g/mol. The average molecular weight is 365 g/mol. The lowest BCUT2D eigenvalue weighted by molar-refractivity contribution is -0.132. The van der Waals surface area contributed by atoms with Gasteiger partial charge >= 0.3 is 6.18 Å². The number of alkyl halides is 3. The van der Waals surface area contributed by atoms with Crippen molar-refractivity contribution in [3.05, 3.63) is 16.5 Å². The lowest BCUT2D eigenvalue weighted by atomic mass is 10.4. The smallest absolute Gasteiger partial charge is 0.390 e. The minimum absolute atomic E-state index is 0.0442. The maximum absolute atomic E-state index is 11.9. The molecule has 0 fully saturated rings.